The van der Waals surface area contributed by atoms with Crippen LogP contribution in [0.15, 0.2) is 30.9 Å². The Morgan fingerprint density at radius 2 is 1.83 bits per heavy atom. The van der Waals surface area contributed by atoms with E-state index >= 15 is 0 Å². The average Bonchev–Trinajstić information content (AvgIpc) is 3.37. The Balaban J connectivity index is 1.56. The summed E-state index contributed by atoms with van der Waals surface area (Å²) in [4.78, 5) is 40.6. The number of aromatic hydroxyl groups is 1. The van der Waals surface area contributed by atoms with Crippen molar-refractivity contribution >= 4 is 66.9 Å². The second kappa shape index (κ2) is 6.21. The van der Waals surface area contributed by atoms with E-state index in [4.69, 9.17) is 4.74 Å². The van der Waals surface area contributed by atoms with Gasteiger partial charge in [-0.15, -0.1) is 11.8 Å². The number of fused-ring (bicyclic) bond motifs is 9. The molecule has 6 rings (SSSR count). The van der Waals surface area contributed by atoms with Crippen LogP contribution in [-0.2, 0) is 14.3 Å². The van der Waals surface area contributed by atoms with Crippen molar-refractivity contribution in [2.45, 2.75) is 22.6 Å². The molecule has 2 N–H and O–H groups in total. The fraction of sp³-hybridized carbons (Fsp3) is 0.421. The van der Waals surface area contributed by atoms with Crippen molar-refractivity contribution in [3.05, 3.63) is 41.2 Å². The summed E-state index contributed by atoms with van der Waals surface area (Å²) in [7, 11) is 0. The number of phenols is 1. The molecular formula is C19H13Br2NO5S2. The molecule has 2 aliphatic carbocycles. The van der Waals surface area contributed by atoms with Gasteiger partial charge in [-0.05, 0) is 52.2 Å². The summed E-state index contributed by atoms with van der Waals surface area (Å²) >= 11 is 9.69. The SMILES string of the molecule is O=C1OC(=O)[C@@H]2[C@H]3C[C@H]([C@@H]12)[C@@H]1[C@H](c2cc(Br)cc(Br)c2O)c2sc(=O)[nH]c2S[C@H]31. The monoisotopic (exact) mass is 557 g/mol. The number of rotatable bonds is 1. The number of esters is 2. The molecule has 1 aromatic heterocycles. The number of halogens is 2. The van der Waals surface area contributed by atoms with E-state index in [-0.39, 0.29) is 45.5 Å². The number of nitrogens with one attached hydrogen (secondary N) is 1. The van der Waals surface area contributed by atoms with Crippen LogP contribution in [0.5, 0.6) is 5.75 Å². The number of phenolic OH excluding ortho intramolecular Hbond substituents is 1. The Hall–Kier alpha value is -1.10. The third kappa shape index (κ3) is 2.43. The number of carbonyl (C=O) groups excluding carboxylic acids is 2. The molecule has 4 aliphatic rings. The van der Waals surface area contributed by atoms with Crippen LogP contribution in [0.1, 0.15) is 22.8 Å². The van der Waals surface area contributed by atoms with Crippen LogP contribution >= 0.6 is 55.0 Å². The molecule has 1 aromatic carbocycles. The summed E-state index contributed by atoms with van der Waals surface area (Å²) in [6.07, 6.45) is 0.796. The predicted octanol–water partition coefficient (Wildman–Crippen LogP) is 3.85. The molecule has 2 saturated carbocycles. The first-order chi connectivity index (χ1) is 13.8. The van der Waals surface area contributed by atoms with Gasteiger partial charge in [0.2, 0.25) is 0 Å². The second-order valence-electron chi connectivity index (χ2n) is 8.03. The van der Waals surface area contributed by atoms with Crippen molar-refractivity contribution in [2.75, 3.05) is 0 Å². The quantitative estimate of drug-likeness (QED) is 0.407. The summed E-state index contributed by atoms with van der Waals surface area (Å²) in [5.41, 5.74) is 0.722. The maximum atomic E-state index is 12.4. The van der Waals surface area contributed by atoms with E-state index in [2.05, 4.69) is 36.8 Å². The van der Waals surface area contributed by atoms with Gasteiger partial charge in [-0.1, -0.05) is 27.3 Å². The maximum Gasteiger partial charge on any atom is 0.317 e. The first-order valence-corrected chi connectivity index (χ1v) is 12.5. The van der Waals surface area contributed by atoms with Crippen LogP contribution in [0.3, 0.4) is 0 Å². The van der Waals surface area contributed by atoms with Crippen molar-refractivity contribution < 1.29 is 19.4 Å². The minimum atomic E-state index is -0.414. The average molecular weight is 559 g/mol. The number of thioether (sulfide) groups is 1. The number of benzene rings is 1. The van der Waals surface area contributed by atoms with Gasteiger partial charge in [0, 0.05) is 26.1 Å². The van der Waals surface area contributed by atoms with Gasteiger partial charge in [-0.3, -0.25) is 14.4 Å². The van der Waals surface area contributed by atoms with Gasteiger partial charge >= 0.3 is 16.8 Å². The first-order valence-electron chi connectivity index (χ1n) is 9.18. The van der Waals surface area contributed by atoms with Gasteiger partial charge in [0.15, 0.2) is 0 Å². The molecular weight excluding hydrogens is 546 g/mol. The maximum absolute atomic E-state index is 12.4. The molecule has 1 saturated heterocycles. The fourth-order valence-electron chi connectivity index (χ4n) is 5.99. The Kier molecular flexibility index (Phi) is 3.99. The van der Waals surface area contributed by atoms with E-state index in [0.29, 0.717) is 4.47 Å². The van der Waals surface area contributed by atoms with Crippen LogP contribution in [-0.4, -0.2) is 27.3 Å². The Bertz CT molecular complexity index is 1160. The van der Waals surface area contributed by atoms with E-state index in [0.717, 1.165) is 37.7 Å². The van der Waals surface area contributed by atoms with Gasteiger partial charge in [0.05, 0.1) is 21.3 Å². The Morgan fingerprint density at radius 3 is 2.59 bits per heavy atom. The van der Waals surface area contributed by atoms with Crippen molar-refractivity contribution in [1.82, 2.24) is 4.98 Å². The third-order valence-corrected chi connectivity index (χ3v) is 10.5. The van der Waals surface area contributed by atoms with E-state index in [1.54, 1.807) is 17.8 Å². The molecule has 29 heavy (non-hydrogen) atoms. The zero-order chi connectivity index (χ0) is 20.2. The Labute approximate surface area is 189 Å². The number of cyclic esters (lactones) is 2. The lowest BCUT2D eigenvalue weighted by Gasteiger charge is -2.42. The number of carbonyl (C=O) groups is 2. The lowest BCUT2D eigenvalue weighted by Crippen LogP contribution is -2.42. The van der Waals surface area contributed by atoms with Crippen LogP contribution < -0.4 is 4.87 Å². The zero-order valence-corrected chi connectivity index (χ0v) is 19.4. The fourth-order valence-corrected chi connectivity index (χ4v) is 10.1. The topological polar surface area (TPSA) is 96.5 Å². The molecule has 6 nitrogen and oxygen atoms in total. The van der Waals surface area contributed by atoms with Crippen LogP contribution in [0.4, 0.5) is 0 Å². The molecule has 150 valence electrons. The normalized spacial score (nSPS) is 36.7. The molecule has 10 heteroatoms. The molecule has 2 aliphatic heterocycles. The highest BCUT2D eigenvalue weighted by atomic mass is 79.9. The number of H-pyrrole nitrogens is 1. The number of aromatic amines is 1. The van der Waals surface area contributed by atoms with E-state index in [9.17, 15) is 19.5 Å². The minimum absolute atomic E-state index is 0.00559. The lowest BCUT2D eigenvalue weighted by molar-refractivity contribution is -0.154. The van der Waals surface area contributed by atoms with E-state index < -0.39 is 17.9 Å². The highest BCUT2D eigenvalue weighted by Gasteiger charge is 2.69. The Morgan fingerprint density at radius 1 is 1.10 bits per heavy atom. The first kappa shape index (κ1) is 18.7. The summed E-state index contributed by atoms with van der Waals surface area (Å²) in [6, 6.07) is 3.66. The summed E-state index contributed by atoms with van der Waals surface area (Å²) in [5, 5.41) is 11.8. The zero-order valence-electron chi connectivity index (χ0n) is 14.6. The molecule has 0 amide bonds. The molecule has 3 heterocycles. The molecule has 3 fully saturated rings. The van der Waals surface area contributed by atoms with Gasteiger partial charge < -0.3 is 14.8 Å². The summed E-state index contributed by atoms with van der Waals surface area (Å²) in [5.74, 6) is -1.62. The van der Waals surface area contributed by atoms with Crippen LogP contribution in [0, 0.1) is 29.6 Å². The van der Waals surface area contributed by atoms with Gasteiger partial charge in [-0.2, -0.15) is 0 Å². The van der Waals surface area contributed by atoms with Crippen LogP contribution in [0.2, 0.25) is 0 Å². The summed E-state index contributed by atoms with van der Waals surface area (Å²) < 4.78 is 6.37. The number of thiazole rings is 1. The molecule has 0 unspecified atom stereocenters. The van der Waals surface area contributed by atoms with E-state index in [1.807, 2.05) is 6.07 Å². The summed E-state index contributed by atoms with van der Waals surface area (Å²) in [6.45, 7) is 0. The highest BCUT2D eigenvalue weighted by Crippen LogP contribution is 2.68. The molecule has 0 radical (unpaired) electrons. The minimum Gasteiger partial charge on any atom is -0.506 e. The standard InChI is InChI=1S/C19H13Br2NO5S2/c20-4-1-6(13(23)8(21)2-4)10-9-5-3-7(12-11(5)17(24)27-18(12)25)14(9)28-16-15(10)29-19(26)22-16/h1-2,5,7,9-12,14,23H,3H2,(H,22,26)/t5-,7+,9+,10-,11+,12+,14+/m0/s1. The number of hydrogen-bond donors (Lipinski definition) is 2. The van der Waals surface area contributed by atoms with Crippen molar-refractivity contribution in [1.29, 1.82) is 0 Å². The molecule has 7 atom stereocenters. The lowest BCUT2D eigenvalue weighted by atomic mass is 9.68. The van der Waals surface area contributed by atoms with E-state index in [1.165, 1.54) is 0 Å². The van der Waals surface area contributed by atoms with Gasteiger partial charge in [-0.25, -0.2) is 0 Å². The van der Waals surface area contributed by atoms with Crippen LogP contribution in [0.25, 0.3) is 0 Å². The van der Waals surface area contributed by atoms with Crippen molar-refractivity contribution in [3.63, 3.8) is 0 Å². The predicted molar refractivity (Wildman–Crippen MR) is 113 cm³/mol. The number of ether oxygens (including phenoxy) is 1. The third-order valence-electron chi connectivity index (χ3n) is 6.85. The van der Waals surface area contributed by atoms with Crippen molar-refractivity contribution in [2.24, 2.45) is 29.6 Å². The number of aromatic nitrogens is 1. The van der Waals surface area contributed by atoms with Gasteiger partial charge in [0.25, 0.3) is 0 Å². The molecule has 2 aromatic rings. The van der Waals surface area contributed by atoms with Gasteiger partial charge in [0.1, 0.15) is 5.75 Å². The largest absolute Gasteiger partial charge is 0.506 e. The highest BCUT2D eigenvalue weighted by molar-refractivity contribution is 9.11. The van der Waals surface area contributed by atoms with Crippen molar-refractivity contribution in [3.8, 4) is 5.75 Å². The number of hydrogen-bond acceptors (Lipinski definition) is 7. The smallest absolute Gasteiger partial charge is 0.317 e. The second-order valence-corrected chi connectivity index (χ2v) is 12.0. The molecule has 2 bridgehead atoms. The molecule has 0 spiro atoms.